The monoisotopic (exact) mass is 344 g/mol. The summed E-state index contributed by atoms with van der Waals surface area (Å²) >= 11 is 1.61. The van der Waals surface area contributed by atoms with Crippen LogP contribution < -0.4 is 0 Å². The summed E-state index contributed by atoms with van der Waals surface area (Å²) in [5, 5.41) is 3.90. The fourth-order valence-electron chi connectivity index (χ4n) is 2.95. The van der Waals surface area contributed by atoms with Gasteiger partial charge in [-0.25, -0.2) is 9.37 Å². The summed E-state index contributed by atoms with van der Waals surface area (Å²) in [7, 11) is 0. The van der Waals surface area contributed by atoms with Crippen LogP contribution in [-0.4, -0.2) is 33.1 Å². The summed E-state index contributed by atoms with van der Waals surface area (Å²) < 4.78 is 20.6. The molecular weight excluding hydrogens is 327 g/mol. The van der Waals surface area contributed by atoms with Crippen LogP contribution in [0.25, 0.3) is 11.5 Å². The summed E-state index contributed by atoms with van der Waals surface area (Å²) in [4.78, 5) is 11.8. The molecule has 1 aromatic carbocycles. The smallest absolute Gasteiger partial charge is 0.258 e. The van der Waals surface area contributed by atoms with E-state index in [2.05, 4.69) is 20.0 Å². The van der Waals surface area contributed by atoms with E-state index < -0.39 is 5.67 Å². The van der Waals surface area contributed by atoms with E-state index in [4.69, 9.17) is 4.52 Å². The fraction of sp³-hybridized carbons (Fsp3) is 0.353. The summed E-state index contributed by atoms with van der Waals surface area (Å²) in [6.07, 6.45) is 0.374. The molecule has 0 saturated carbocycles. The van der Waals surface area contributed by atoms with E-state index >= 15 is 4.39 Å². The van der Waals surface area contributed by atoms with E-state index in [0.717, 1.165) is 11.3 Å². The number of benzene rings is 1. The highest BCUT2D eigenvalue weighted by molar-refractivity contribution is 7.09. The lowest BCUT2D eigenvalue weighted by Crippen LogP contribution is -2.28. The van der Waals surface area contributed by atoms with Gasteiger partial charge in [-0.1, -0.05) is 23.4 Å². The molecule has 0 radical (unpaired) electrons. The predicted octanol–water partition coefficient (Wildman–Crippen LogP) is 3.57. The first-order chi connectivity index (χ1) is 11.6. The molecule has 1 atom stereocenters. The molecule has 1 fully saturated rings. The van der Waals surface area contributed by atoms with Gasteiger partial charge in [0, 0.05) is 36.5 Å². The summed E-state index contributed by atoms with van der Waals surface area (Å²) in [5.74, 6) is 0.504. The maximum Gasteiger partial charge on any atom is 0.258 e. The van der Waals surface area contributed by atoms with Crippen molar-refractivity contribution >= 4 is 11.3 Å². The molecule has 2 aromatic heterocycles. The molecule has 3 aromatic rings. The summed E-state index contributed by atoms with van der Waals surface area (Å²) in [6.45, 7) is 3.64. The van der Waals surface area contributed by atoms with E-state index in [9.17, 15) is 0 Å². The third-order valence-electron chi connectivity index (χ3n) is 4.36. The average Bonchev–Trinajstić information content (AvgIpc) is 3.31. The Hall–Kier alpha value is -2.12. The molecule has 4 rings (SSSR count). The molecule has 5 nitrogen and oxygen atoms in total. The number of alkyl halides is 1. The number of thiazole rings is 1. The van der Waals surface area contributed by atoms with E-state index in [1.165, 1.54) is 4.88 Å². The van der Waals surface area contributed by atoms with Crippen LogP contribution in [0.3, 0.4) is 0 Å². The average molecular weight is 344 g/mol. The highest BCUT2D eigenvalue weighted by atomic mass is 32.1. The SMILES string of the molecule is Cc1ncsc1CN1CCC(F)(c2noc(-c3ccccc3)n2)C1. The standard InChI is InChI=1S/C17H17FN4OS/c1-12-14(24-11-19-12)9-22-8-7-17(18,10-22)16-20-15(23-21-16)13-5-3-2-4-6-13/h2-6,11H,7-10H2,1H3. The Morgan fingerprint density at radius 1 is 1.33 bits per heavy atom. The second-order valence-corrected chi connectivity index (χ2v) is 7.02. The number of hydrogen-bond acceptors (Lipinski definition) is 6. The molecule has 3 heterocycles. The topological polar surface area (TPSA) is 55.1 Å². The first kappa shape index (κ1) is 15.4. The van der Waals surface area contributed by atoms with Crippen LogP contribution in [0, 0.1) is 6.92 Å². The number of likely N-dealkylation sites (tertiary alicyclic amines) is 1. The first-order valence-electron chi connectivity index (χ1n) is 7.84. The van der Waals surface area contributed by atoms with Gasteiger partial charge in [0.1, 0.15) is 0 Å². The van der Waals surface area contributed by atoms with Gasteiger partial charge in [0.25, 0.3) is 5.89 Å². The zero-order chi connectivity index (χ0) is 16.6. The van der Waals surface area contributed by atoms with Gasteiger partial charge in [0.2, 0.25) is 5.82 Å². The fourth-order valence-corrected chi connectivity index (χ4v) is 3.77. The van der Waals surface area contributed by atoms with Crippen molar-refractivity contribution < 1.29 is 8.91 Å². The predicted molar refractivity (Wildman–Crippen MR) is 89.3 cm³/mol. The lowest BCUT2D eigenvalue weighted by atomic mass is 10.1. The quantitative estimate of drug-likeness (QED) is 0.724. The van der Waals surface area contributed by atoms with E-state index in [0.29, 0.717) is 25.4 Å². The Morgan fingerprint density at radius 3 is 2.92 bits per heavy atom. The lowest BCUT2D eigenvalue weighted by Gasteiger charge is -2.17. The Morgan fingerprint density at radius 2 is 2.17 bits per heavy atom. The van der Waals surface area contributed by atoms with Crippen molar-refractivity contribution in [3.63, 3.8) is 0 Å². The number of aryl methyl sites for hydroxylation is 1. The highest BCUT2D eigenvalue weighted by Crippen LogP contribution is 2.36. The lowest BCUT2D eigenvalue weighted by molar-refractivity contribution is 0.149. The molecule has 124 valence electrons. The molecule has 1 aliphatic heterocycles. The van der Waals surface area contributed by atoms with Crippen molar-refractivity contribution in [3.8, 4) is 11.5 Å². The second-order valence-electron chi connectivity index (χ2n) is 6.08. The summed E-state index contributed by atoms with van der Waals surface area (Å²) in [6, 6.07) is 9.43. The van der Waals surface area contributed by atoms with Crippen molar-refractivity contribution in [1.29, 1.82) is 0 Å². The van der Waals surface area contributed by atoms with Crippen LogP contribution in [0.4, 0.5) is 4.39 Å². The Kier molecular flexibility index (Phi) is 3.90. The Balaban J connectivity index is 1.50. The largest absolute Gasteiger partial charge is 0.334 e. The molecule has 0 amide bonds. The number of halogens is 1. The molecule has 1 aliphatic rings. The molecule has 1 unspecified atom stereocenters. The number of aromatic nitrogens is 3. The van der Waals surface area contributed by atoms with Crippen LogP contribution >= 0.6 is 11.3 Å². The van der Waals surface area contributed by atoms with Crippen molar-refractivity contribution in [3.05, 3.63) is 52.2 Å². The minimum atomic E-state index is -1.56. The molecule has 7 heteroatoms. The number of nitrogens with zero attached hydrogens (tertiary/aromatic N) is 4. The van der Waals surface area contributed by atoms with E-state index in [1.54, 1.807) is 11.3 Å². The van der Waals surface area contributed by atoms with Crippen LogP contribution in [0.2, 0.25) is 0 Å². The first-order valence-corrected chi connectivity index (χ1v) is 8.72. The van der Waals surface area contributed by atoms with Gasteiger partial charge in [-0.05, 0) is 19.1 Å². The van der Waals surface area contributed by atoms with Gasteiger partial charge >= 0.3 is 0 Å². The van der Waals surface area contributed by atoms with Gasteiger partial charge in [0.05, 0.1) is 11.2 Å². The third kappa shape index (κ3) is 2.85. The zero-order valence-electron chi connectivity index (χ0n) is 13.3. The van der Waals surface area contributed by atoms with Gasteiger partial charge in [-0.3, -0.25) is 4.90 Å². The van der Waals surface area contributed by atoms with Crippen LogP contribution in [0.1, 0.15) is 22.8 Å². The molecule has 1 saturated heterocycles. The van der Waals surface area contributed by atoms with Crippen molar-refractivity contribution in [2.24, 2.45) is 0 Å². The van der Waals surface area contributed by atoms with Gasteiger partial charge in [-0.2, -0.15) is 4.98 Å². The minimum absolute atomic E-state index is 0.143. The minimum Gasteiger partial charge on any atom is -0.334 e. The van der Waals surface area contributed by atoms with Crippen molar-refractivity contribution in [2.75, 3.05) is 13.1 Å². The highest BCUT2D eigenvalue weighted by Gasteiger charge is 2.44. The van der Waals surface area contributed by atoms with Gasteiger partial charge in [0.15, 0.2) is 5.67 Å². The Labute approximate surface area is 143 Å². The normalized spacial score (nSPS) is 21.4. The number of hydrogen-bond donors (Lipinski definition) is 0. The van der Waals surface area contributed by atoms with Gasteiger partial charge in [-0.15, -0.1) is 11.3 Å². The van der Waals surface area contributed by atoms with Crippen molar-refractivity contribution in [1.82, 2.24) is 20.0 Å². The maximum atomic E-state index is 15.3. The zero-order valence-corrected chi connectivity index (χ0v) is 14.1. The van der Waals surface area contributed by atoms with E-state index in [1.807, 2.05) is 42.8 Å². The van der Waals surface area contributed by atoms with Crippen LogP contribution in [0.15, 0.2) is 40.4 Å². The molecule has 0 spiro atoms. The molecule has 0 aliphatic carbocycles. The van der Waals surface area contributed by atoms with Crippen molar-refractivity contribution in [2.45, 2.75) is 25.6 Å². The maximum absolute atomic E-state index is 15.3. The van der Waals surface area contributed by atoms with Crippen LogP contribution in [0.5, 0.6) is 0 Å². The molecule has 0 bridgehead atoms. The third-order valence-corrected chi connectivity index (χ3v) is 5.28. The molecule has 24 heavy (non-hydrogen) atoms. The van der Waals surface area contributed by atoms with Gasteiger partial charge < -0.3 is 4.52 Å². The summed E-state index contributed by atoms with van der Waals surface area (Å²) in [5.41, 5.74) is 2.08. The van der Waals surface area contributed by atoms with E-state index in [-0.39, 0.29) is 12.4 Å². The van der Waals surface area contributed by atoms with Crippen LogP contribution in [-0.2, 0) is 12.2 Å². The number of rotatable bonds is 4. The second kappa shape index (κ2) is 6.07. The molecular formula is C17H17FN4OS. The molecule has 0 N–H and O–H groups in total. The Bertz CT molecular complexity index is 834.